The maximum atomic E-state index is 12.7. The summed E-state index contributed by atoms with van der Waals surface area (Å²) in [6.45, 7) is 1.68. The lowest BCUT2D eigenvalue weighted by Crippen LogP contribution is -2.30. The second-order valence-corrected chi connectivity index (χ2v) is 8.73. The van der Waals surface area contributed by atoms with Gasteiger partial charge in [-0.2, -0.15) is 5.10 Å². The summed E-state index contributed by atoms with van der Waals surface area (Å²) in [4.78, 5) is 29.8. The second-order valence-electron chi connectivity index (χ2n) is 7.87. The molecule has 0 spiro atoms. The molecule has 0 saturated heterocycles. The van der Waals surface area contributed by atoms with Crippen molar-refractivity contribution in [3.63, 3.8) is 0 Å². The number of anilines is 1. The van der Waals surface area contributed by atoms with Crippen LogP contribution in [0.3, 0.4) is 0 Å². The maximum Gasteiger partial charge on any atom is 0.275 e. The van der Waals surface area contributed by atoms with Gasteiger partial charge in [0, 0.05) is 16.3 Å². The molecular weight excluding hydrogens is 408 g/mol. The summed E-state index contributed by atoms with van der Waals surface area (Å²) < 4.78 is 1.21. The largest absolute Gasteiger partial charge is 0.300 e. The molecule has 4 aromatic rings. The van der Waals surface area contributed by atoms with Crippen LogP contribution in [0.2, 0.25) is 0 Å². The van der Waals surface area contributed by atoms with E-state index in [-0.39, 0.29) is 18.0 Å². The van der Waals surface area contributed by atoms with E-state index in [9.17, 15) is 9.59 Å². The number of fused-ring (bicyclic) bond motifs is 2. The van der Waals surface area contributed by atoms with E-state index in [0.717, 1.165) is 29.5 Å². The summed E-state index contributed by atoms with van der Waals surface area (Å²) in [5.41, 5.74) is 5.20. The van der Waals surface area contributed by atoms with Gasteiger partial charge in [0.2, 0.25) is 5.91 Å². The van der Waals surface area contributed by atoms with Crippen LogP contribution in [0.15, 0.2) is 52.6 Å². The molecule has 0 fully saturated rings. The maximum absolute atomic E-state index is 12.7. The fourth-order valence-corrected chi connectivity index (χ4v) is 4.90. The molecule has 6 nitrogen and oxygen atoms in total. The lowest BCUT2D eigenvalue weighted by atomic mass is 9.90. The minimum absolute atomic E-state index is 0.154. The predicted molar refractivity (Wildman–Crippen MR) is 124 cm³/mol. The number of aryl methyl sites for hydroxylation is 3. The lowest BCUT2D eigenvalue weighted by molar-refractivity contribution is -0.117. The second kappa shape index (κ2) is 8.07. The highest BCUT2D eigenvalue weighted by Gasteiger charge is 2.14. The fourth-order valence-electron chi connectivity index (χ4n) is 4.16. The van der Waals surface area contributed by atoms with E-state index in [1.807, 2.05) is 30.5 Å². The van der Waals surface area contributed by atoms with E-state index < -0.39 is 0 Å². The first-order valence-corrected chi connectivity index (χ1v) is 11.3. The molecule has 1 aliphatic carbocycles. The summed E-state index contributed by atoms with van der Waals surface area (Å²) in [5.74, 6) is -0.323. The van der Waals surface area contributed by atoms with Gasteiger partial charge in [0.25, 0.3) is 5.56 Å². The Bertz CT molecular complexity index is 1360. The van der Waals surface area contributed by atoms with Crippen molar-refractivity contribution < 1.29 is 4.79 Å². The van der Waals surface area contributed by atoms with Crippen LogP contribution in [0.5, 0.6) is 0 Å². The van der Waals surface area contributed by atoms with E-state index in [0.29, 0.717) is 16.2 Å². The molecule has 2 aromatic carbocycles. The molecule has 0 aliphatic heterocycles. The van der Waals surface area contributed by atoms with Crippen LogP contribution in [0.4, 0.5) is 5.13 Å². The van der Waals surface area contributed by atoms with E-state index in [2.05, 4.69) is 33.6 Å². The summed E-state index contributed by atoms with van der Waals surface area (Å²) in [6.07, 6.45) is 4.75. The van der Waals surface area contributed by atoms with E-state index in [1.54, 1.807) is 6.07 Å². The number of aromatic nitrogens is 3. The van der Waals surface area contributed by atoms with Crippen molar-refractivity contribution in [1.82, 2.24) is 14.8 Å². The average molecular weight is 431 g/mol. The summed E-state index contributed by atoms with van der Waals surface area (Å²) in [6, 6.07) is 13.8. The van der Waals surface area contributed by atoms with Crippen molar-refractivity contribution in [2.45, 2.75) is 39.2 Å². The molecule has 31 heavy (non-hydrogen) atoms. The van der Waals surface area contributed by atoms with Crippen LogP contribution in [-0.2, 0) is 24.2 Å². The van der Waals surface area contributed by atoms with Crippen LogP contribution in [-0.4, -0.2) is 20.7 Å². The number of hydrogen-bond donors (Lipinski definition) is 1. The Morgan fingerprint density at radius 2 is 1.87 bits per heavy atom. The zero-order valence-corrected chi connectivity index (χ0v) is 18.0. The molecule has 7 heteroatoms. The van der Waals surface area contributed by atoms with Crippen molar-refractivity contribution in [1.29, 1.82) is 0 Å². The Kier molecular flexibility index (Phi) is 5.11. The monoisotopic (exact) mass is 430 g/mol. The molecule has 1 aliphatic rings. The van der Waals surface area contributed by atoms with Crippen molar-refractivity contribution in [2.24, 2.45) is 0 Å². The minimum Gasteiger partial charge on any atom is -0.300 e. The number of carbonyl (C=O) groups excluding carboxylic acids is 1. The predicted octanol–water partition coefficient (Wildman–Crippen LogP) is 4.35. The normalized spacial score (nSPS) is 13.2. The molecule has 0 saturated carbocycles. The highest BCUT2D eigenvalue weighted by molar-refractivity contribution is 7.14. The van der Waals surface area contributed by atoms with Crippen molar-refractivity contribution in [2.75, 3.05) is 5.32 Å². The Balaban J connectivity index is 1.33. The third kappa shape index (κ3) is 3.88. The standard InChI is InChI=1S/C24H22N4O2S/c1-15-19-8-4-5-9-20(19)23(30)28(27-15)13-22(29)26-24-25-21(14-31-24)18-11-10-16-6-2-3-7-17(16)12-18/h4-5,8-12,14H,2-3,6-7,13H2,1H3,(H,25,26,29). The van der Waals surface area contributed by atoms with E-state index in [4.69, 9.17) is 0 Å². The zero-order valence-electron chi connectivity index (χ0n) is 17.2. The molecule has 0 atom stereocenters. The number of nitrogens with zero attached hydrogens (tertiary/aromatic N) is 3. The molecule has 0 radical (unpaired) electrons. The van der Waals surface area contributed by atoms with Crippen molar-refractivity contribution in [3.05, 3.63) is 75.0 Å². The molecular formula is C24H22N4O2S. The van der Waals surface area contributed by atoms with Crippen LogP contribution >= 0.6 is 11.3 Å². The third-order valence-corrected chi connectivity index (χ3v) is 6.50. The Morgan fingerprint density at radius 1 is 1.10 bits per heavy atom. The first-order valence-electron chi connectivity index (χ1n) is 10.4. The van der Waals surface area contributed by atoms with Crippen LogP contribution in [0.1, 0.15) is 29.7 Å². The van der Waals surface area contributed by atoms with Gasteiger partial charge in [-0.3, -0.25) is 9.59 Å². The molecule has 2 aromatic heterocycles. The highest BCUT2D eigenvalue weighted by Crippen LogP contribution is 2.29. The fraction of sp³-hybridized carbons (Fsp3) is 0.250. The first-order chi connectivity index (χ1) is 15.1. The summed E-state index contributed by atoms with van der Waals surface area (Å²) >= 11 is 1.38. The summed E-state index contributed by atoms with van der Waals surface area (Å²) in [5, 5.41) is 10.9. The molecule has 0 unspecified atom stereocenters. The van der Waals surface area contributed by atoms with Gasteiger partial charge in [-0.15, -0.1) is 11.3 Å². The number of thiazole rings is 1. The molecule has 5 rings (SSSR count). The Hall–Kier alpha value is -3.32. The minimum atomic E-state index is -0.323. The first kappa shape index (κ1) is 19.6. The molecule has 0 bridgehead atoms. The Labute approximate surface area is 183 Å². The van der Waals surface area contributed by atoms with Gasteiger partial charge in [-0.25, -0.2) is 9.67 Å². The van der Waals surface area contributed by atoms with Gasteiger partial charge < -0.3 is 5.32 Å². The van der Waals surface area contributed by atoms with Crippen LogP contribution in [0.25, 0.3) is 22.0 Å². The highest BCUT2D eigenvalue weighted by atomic mass is 32.1. The quantitative estimate of drug-likeness (QED) is 0.522. The SMILES string of the molecule is Cc1nn(CC(=O)Nc2nc(-c3ccc4c(c3)CCCC4)cs2)c(=O)c2ccccc12. The number of benzene rings is 2. The molecule has 156 valence electrons. The van der Waals surface area contributed by atoms with Gasteiger partial charge >= 0.3 is 0 Å². The molecule has 2 heterocycles. The van der Waals surface area contributed by atoms with Crippen molar-refractivity contribution >= 4 is 33.1 Å². The Morgan fingerprint density at radius 3 is 2.71 bits per heavy atom. The zero-order chi connectivity index (χ0) is 21.4. The van der Waals surface area contributed by atoms with Gasteiger partial charge in [0.05, 0.1) is 16.8 Å². The lowest BCUT2D eigenvalue weighted by Gasteiger charge is -2.16. The number of carbonyl (C=O) groups is 1. The number of nitrogens with one attached hydrogen (secondary N) is 1. The molecule has 1 amide bonds. The smallest absolute Gasteiger partial charge is 0.275 e. The number of amides is 1. The van der Waals surface area contributed by atoms with E-state index >= 15 is 0 Å². The number of hydrogen-bond acceptors (Lipinski definition) is 5. The molecule has 1 N–H and O–H groups in total. The van der Waals surface area contributed by atoms with Gasteiger partial charge in [-0.1, -0.05) is 30.3 Å². The third-order valence-electron chi connectivity index (χ3n) is 5.74. The van der Waals surface area contributed by atoms with Gasteiger partial charge in [0.1, 0.15) is 6.54 Å². The topological polar surface area (TPSA) is 76.9 Å². The van der Waals surface area contributed by atoms with Crippen molar-refractivity contribution in [3.8, 4) is 11.3 Å². The average Bonchev–Trinajstić information content (AvgIpc) is 3.25. The van der Waals surface area contributed by atoms with E-state index in [1.165, 1.54) is 40.0 Å². The van der Waals surface area contributed by atoms with Gasteiger partial charge in [-0.05, 0) is 55.9 Å². The van der Waals surface area contributed by atoms with Crippen LogP contribution in [0, 0.1) is 6.92 Å². The van der Waals surface area contributed by atoms with Gasteiger partial charge in [0.15, 0.2) is 5.13 Å². The van der Waals surface area contributed by atoms with Crippen LogP contribution < -0.4 is 10.9 Å². The summed E-state index contributed by atoms with van der Waals surface area (Å²) in [7, 11) is 0. The number of rotatable bonds is 4.